The molecule has 0 radical (unpaired) electrons. The van der Waals surface area contributed by atoms with E-state index in [4.69, 9.17) is 0 Å². The highest BCUT2D eigenvalue weighted by molar-refractivity contribution is 5.78. The van der Waals surface area contributed by atoms with Crippen LogP contribution in [0, 0.1) is 0 Å². The van der Waals surface area contributed by atoms with Crippen molar-refractivity contribution in [3.63, 3.8) is 0 Å². The van der Waals surface area contributed by atoms with E-state index in [-0.39, 0.29) is 18.6 Å². The molecule has 1 aliphatic heterocycles. The molecule has 0 spiro atoms. The monoisotopic (exact) mass is 316 g/mol. The van der Waals surface area contributed by atoms with Crippen molar-refractivity contribution < 1.29 is 9.90 Å². The molecule has 0 bridgehead atoms. The number of likely N-dealkylation sites (tertiary alicyclic amines) is 1. The minimum absolute atomic E-state index is 0.103. The van der Waals surface area contributed by atoms with E-state index in [2.05, 4.69) is 29.2 Å². The van der Waals surface area contributed by atoms with Crippen molar-refractivity contribution in [1.29, 1.82) is 0 Å². The van der Waals surface area contributed by atoms with Gasteiger partial charge in [0.1, 0.15) is 0 Å². The Morgan fingerprint density at radius 1 is 1.17 bits per heavy atom. The van der Waals surface area contributed by atoms with Crippen LogP contribution in [0.1, 0.15) is 49.3 Å². The Morgan fingerprint density at radius 2 is 1.96 bits per heavy atom. The average molecular weight is 316 g/mol. The summed E-state index contributed by atoms with van der Waals surface area (Å²) >= 11 is 0. The molecular formula is C19H28N2O2. The first-order valence-corrected chi connectivity index (χ1v) is 9.00. The molecule has 1 unspecified atom stereocenters. The van der Waals surface area contributed by atoms with Gasteiger partial charge in [0.25, 0.3) is 0 Å². The standard InChI is InChI=1S/C19H28N2O2/c22-14-13-21(15-19(23)20-11-4-1-5-12-20)18-10-6-8-16-7-2-3-9-17(16)18/h2-3,7,9,18,22H,1,4-6,8,10-15H2. The summed E-state index contributed by atoms with van der Waals surface area (Å²) in [5.74, 6) is 0.223. The van der Waals surface area contributed by atoms with Crippen LogP contribution in [0.3, 0.4) is 0 Å². The number of hydrogen-bond donors (Lipinski definition) is 1. The van der Waals surface area contributed by atoms with Gasteiger partial charge in [0, 0.05) is 25.7 Å². The summed E-state index contributed by atoms with van der Waals surface area (Å²) < 4.78 is 0. The van der Waals surface area contributed by atoms with Gasteiger partial charge in [-0.15, -0.1) is 0 Å². The molecule has 1 atom stereocenters. The highest BCUT2D eigenvalue weighted by Crippen LogP contribution is 2.34. The van der Waals surface area contributed by atoms with E-state index >= 15 is 0 Å². The van der Waals surface area contributed by atoms with Crippen molar-refractivity contribution in [2.45, 2.75) is 44.6 Å². The maximum atomic E-state index is 12.6. The molecule has 1 saturated heterocycles. The van der Waals surface area contributed by atoms with Gasteiger partial charge in [-0.3, -0.25) is 9.69 Å². The summed E-state index contributed by atoms with van der Waals surface area (Å²) in [6.45, 7) is 2.89. The number of amides is 1. The molecule has 4 heteroatoms. The van der Waals surface area contributed by atoms with E-state index in [1.165, 1.54) is 17.5 Å². The summed E-state index contributed by atoms with van der Waals surface area (Å²) in [5, 5.41) is 9.47. The Bertz CT molecular complexity index is 526. The molecule has 1 aromatic rings. The molecule has 1 heterocycles. The van der Waals surface area contributed by atoms with Crippen LogP contribution in [-0.4, -0.2) is 53.6 Å². The van der Waals surface area contributed by atoms with Crippen LogP contribution in [0.25, 0.3) is 0 Å². The Morgan fingerprint density at radius 3 is 2.74 bits per heavy atom. The molecule has 2 aliphatic rings. The normalized spacial score (nSPS) is 21.3. The number of carbonyl (C=O) groups excluding carboxylic acids is 1. The van der Waals surface area contributed by atoms with Crippen LogP contribution in [0.15, 0.2) is 24.3 Å². The fraction of sp³-hybridized carbons (Fsp3) is 0.632. The molecule has 23 heavy (non-hydrogen) atoms. The second kappa shape index (κ2) is 7.93. The lowest BCUT2D eigenvalue weighted by atomic mass is 9.86. The largest absolute Gasteiger partial charge is 0.395 e. The number of aliphatic hydroxyl groups excluding tert-OH is 1. The number of piperidine rings is 1. The third kappa shape index (κ3) is 3.93. The molecular weight excluding hydrogens is 288 g/mol. The lowest BCUT2D eigenvalue weighted by Crippen LogP contribution is -2.45. The maximum absolute atomic E-state index is 12.6. The van der Waals surface area contributed by atoms with Gasteiger partial charge in [0.2, 0.25) is 5.91 Å². The number of carbonyl (C=O) groups is 1. The van der Waals surface area contributed by atoms with Gasteiger partial charge in [-0.25, -0.2) is 0 Å². The first-order valence-electron chi connectivity index (χ1n) is 9.00. The van der Waals surface area contributed by atoms with Crippen molar-refractivity contribution >= 4 is 5.91 Å². The molecule has 1 amide bonds. The number of fused-ring (bicyclic) bond motifs is 1. The molecule has 126 valence electrons. The first-order chi connectivity index (χ1) is 11.3. The number of aliphatic hydroxyl groups is 1. The second-order valence-electron chi connectivity index (χ2n) is 6.74. The van der Waals surface area contributed by atoms with E-state index in [9.17, 15) is 9.90 Å². The minimum atomic E-state index is 0.103. The van der Waals surface area contributed by atoms with Gasteiger partial charge in [0.15, 0.2) is 0 Å². The highest BCUT2D eigenvalue weighted by atomic mass is 16.3. The molecule has 0 saturated carbocycles. The van der Waals surface area contributed by atoms with Crippen LogP contribution >= 0.6 is 0 Å². The number of hydrogen-bond acceptors (Lipinski definition) is 3. The Balaban J connectivity index is 1.72. The molecule has 3 rings (SSSR count). The predicted octanol–water partition coefficient (Wildman–Crippen LogP) is 2.37. The Hall–Kier alpha value is -1.39. The summed E-state index contributed by atoms with van der Waals surface area (Å²) in [6.07, 6.45) is 6.83. The van der Waals surface area contributed by atoms with Gasteiger partial charge in [-0.2, -0.15) is 0 Å². The smallest absolute Gasteiger partial charge is 0.236 e. The lowest BCUT2D eigenvalue weighted by Gasteiger charge is -2.37. The molecule has 1 N–H and O–H groups in total. The van der Waals surface area contributed by atoms with Crippen molar-refractivity contribution in [1.82, 2.24) is 9.80 Å². The predicted molar refractivity (Wildman–Crippen MR) is 91.2 cm³/mol. The van der Waals surface area contributed by atoms with E-state index in [0.29, 0.717) is 13.1 Å². The summed E-state index contributed by atoms with van der Waals surface area (Å²) in [7, 11) is 0. The van der Waals surface area contributed by atoms with E-state index in [1.54, 1.807) is 0 Å². The average Bonchev–Trinajstić information content (AvgIpc) is 2.61. The molecule has 0 aromatic heterocycles. The van der Waals surface area contributed by atoms with E-state index < -0.39 is 0 Å². The molecule has 1 aromatic carbocycles. The third-order valence-corrected chi connectivity index (χ3v) is 5.21. The number of rotatable bonds is 5. The fourth-order valence-electron chi connectivity index (χ4n) is 4.00. The van der Waals surface area contributed by atoms with Crippen molar-refractivity contribution in [2.75, 3.05) is 32.8 Å². The zero-order chi connectivity index (χ0) is 16.1. The zero-order valence-corrected chi connectivity index (χ0v) is 13.9. The van der Waals surface area contributed by atoms with Crippen LogP contribution in [-0.2, 0) is 11.2 Å². The van der Waals surface area contributed by atoms with Crippen LogP contribution in [0.5, 0.6) is 0 Å². The Kier molecular flexibility index (Phi) is 5.68. The maximum Gasteiger partial charge on any atom is 0.236 e. The van der Waals surface area contributed by atoms with Gasteiger partial charge in [-0.05, 0) is 49.7 Å². The topological polar surface area (TPSA) is 43.8 Å². The molecule has 4 nitrogen and oxygen atoms in total. The SMILES string of the molecule is O=C(CN(CCO)C1CCCc2ccccc21)N1CCCCC1. The zero-order valence-electron chi connectivity index (χ0n) is 13.9. The van der Waals surface area contributed by atoms with Crippen molar-refractivity contribution in [2.24, 2.45) is 0 Å². The fourth-order valence-corrected chi connectivity index (χ4v) is 4.00. The van der Waals surface area contributed by atoms with Gasteiger partial charge in [-0.1, -0.05) is 24.3 Å². The van der Waals surface area contributed by atoms with E-state index in [1.807, 2.05) is 4.90 Å². The first kappa shape index (κ1) is 16.5. The number of nitrogens with zero attached hydrogens (tertiary/aromatic N) is 2. The van der Waals surface area contributed by atoms with Gasteiger partial charge < -0.3 is 10.0 Å². The summed E-state index contributed by atoms with van der Waals surface area (Å²) in [6, 6.07) is 8.83. The number of benzene rings is 1. The number of aryl methyl sites for hydroxylation is 1. The lowest BCUT2D eigenvalue weighted by molar-refractivity contribution is -0.134. The second-order valence-corrected chi connectivity index (χ2v) is 6.74. The van der Waals surface area contributed by atoms with Crippen molar-refractivity contribution in [3.8, 4) is 0 Å². The quantitative estimate of drug-likeness (QED) is 0.907. The van der Waals surface area contributed by atoms with Crippen molar-refractivity contribution in [3.05, 3.63) is 35.4 Å². The van der Waals surface area contributed by atoms with E-state index in [0.717, 1.165) is 45.2 Å². The van der Waals surface area contributed by atoms with Crippen LogP contribution < -0.4 is 0 Å². The summed E-state index contributed by atoms with van der Waals surface area (Å²) in [5.41, 5.74) is 2.75. The van der Waals surface area contributed by atoms with Gasteiger partial charge in [0.05, 0.1) is 13.2 Å². The minimum Gasteiger partial charge on any atom is -0.395 e. The third-order valence-electron chi connectivity index (χ3n) is 5.21. The van der Waals surface area contributed by atoms with Gasteiger partial charge >= 0.3 is 0 Å². The van der Waals surface area contributed by atoms with Crippen LogP contribution in [0.2, 0.25) is 0 Å². The molecule has 1 fully saturated rings. The summed E-state index contributed by atoms with van der Waals surface area (Å²) in [4.78, 5) is 16.8. The van der Waals surface area contributed by atoms with Crippen LogP contribution in [0.4, 0.5) is 0 Å². The molecule has 1 aliphatic carbocycles. The Labute approximate surface area is 139 Å². The highest BCUT2D eigenvalue weighted by Gasteiger charge is 2.28.